The van der Waals surface area contributed by atoms with E-state index in [1.165, 1.54) is 23.0 Å². The lowest BCUT2D eigenvalue weighted by Gasteiger charge is -2.01. The normalized spacial score (nSPS) is 10.4. The summed E-state index contributed by atoms with van der Waals surface area (Å²) in [5.41, 5.74) is 5.91. The van der Waals surface area contributed by atoms with Gasteiger partial charge in [-0.25, -0.2) is 0 Å². The standard InChI is InChI=1S/C10H8BrN5O4/c11-7-5-14(13-10(7)16(19)20)4-6-1-2-8(12)9(3-6)15(17)18/h1-3,5H,4,12H2. The van der Waals surface area contributed by atoms with Gasteiger partial charge in [-0.05, 0) is 32.5 Å². The van der Waals surface area contributed by atoms with Gasteiger partial charge in [0.15, 0.2) is 0 Å². The van der Waals surface area contributed by atoms with Crippen LogP contribution in [0.15, 0.2) is 28.9 Å². The number of halogens is 1. The Bertz CT molecular complexity index is 699. The number of nitrogens with zero attached hydrogens (tertiary/aromatic N) is 4. The summed E-state index contributed by atoms with van der Waals surface area (Å²) in [6, 6.07) is 4.33. The van der Waals surface area contributed by atoms with E-state index >= 15 is 0 Å². The quantitative estimate of drug-likeness (QED) is 0.514. The van der Waals surface area contributed by atoms with Crippen LogP contribution in [0.1, 0.15) is 5.56 Å². The van der Waals surface area contributed by atoms with E-state index in [4.69, 9.17) is 5.73 Å². The molecule has 10 heteroatoms. The Labute approximate surface area is 120 Å². The van der Waals surface area contributed by atoms with Crippen LogP contribution < -0.4 is 5.73 Å². The highest BCUT2D eigenvalue weighted by molar-refractivity contribution is 9.10. The van der Waals surface area contributed by atoms with E-state index in [1.807, 2.05) is 0 Å². The van der Waals surface area contributed by atoms with E-state index in [1.54, 1.807) is 6.07 Å². The third kappa shape index (κ3) is 2.74. The number of nitrogen functional groups attached to an aromatic ring is 1. The van der Waals surface area contributed by atoms with Crippen molar-refractivity contribution in [2.24, 2.45) is 0 Å². The maximum atomic E-state index is 10.8. The van der Waals surface area contributed by atoms with Crippen LogP contribution in [0, 0.1) is 20.2 Å². The number of nitro groups is 2. The fourth-order valence-corrected chi connectivity index (χ4v) is 2.08. The smallest absolute Gasteiger partial charge is 0.393 e. The number of hydrogen-bond donors (Lipinski definition) is 1. The van der Waals surface area contributed by atoms with Gasteiger partial charge in [0.1, 0.15) is 10.2 Å². The molecule has 0 atom stereocenters. The first-order chi connectivity index (χ1) is 9.38. The van der Waals surface area contributed by atoms with Crippen molar-refractivity contribution in [3.05, 3.63) is 54.7 Å². The number of benzene rings is 1. The van der Waals surface area contributed by atoms with Gasteiger partial charge in [-0.15, -0.1) is 0 Å². The van der Waals surface area contributed by atoms with E-state index in [0.717, 1.165) is 0 Å². The Morgan fingerprint density at radius 2 is 2.00 bits per heavy atom. The van der Waals surface area contributed by atoms with Crippen LogP contribution in [0.2, 0.25) is 0 Å². The van der Waals surface area contributed by atoms with Gasteiger partial charge in [-0.1, -0.05) is 6.07 Å². The van der Waals surface area contributed by atoms with Crippen molar-refractivity contribution < 1.29 is 9.85 Å². The highest BCUT2D eigenvalue weighted by Gasteiger charge is 2.19. The first kappa shape index (κ1) is 13.9. The minimum atomic E-state index is -0.619. The molecule has 1 aromatic carbocycles. The maximum Gasteiger partial charge on any atom is 0.404 e. The number of anilines is 1. The Morgan fingerprint density at radius 3 is 2.55 bits per heavy atom. The largest absolute Gasteiger partial charge is 0.404 e. The molecule has 2 rings (SSSR count). The Balaban J connectivity index is 2.31. The molecule has 20 heavy (non-hydrogen) atoms. The molecule has 0 saturated carbocycles. The summed E-state index contributed by atoms with van der Waals surface area (Å²) in [7, 11) is 0. The van der Waals surface area contributed by atoms with Crippen LogP contribution in [-0.4, -0.2) is 19.6 Å². The predicted molar refractivity (Wildman–Crippen MR) is 73.2 cm³/mol. The molecule has 0 radical (unpaired) electrons. The number of aromatic nitrogens is 2. The lowest BCUT2D eigenvalue weighted by Crippen LogP contribution is -2.03. The number of rotatable bonds is 4. The molecule has 9 nitrogen and oxygen atoms in total. The summed E-state index contributed by atoms with van der Waals surface area (Å²) in [5, 5.41) is 25.2. The molecule has 0 aliphatic carbocycles. The molecule has 0 amide bonds. The molecular formula is C10H8BrN5O4. The second-order valence-corrected chi connectivity index (χ2v) is 4.76. The minimum absolute atomic E-state index is 0.0615. The average Bonchev–Trinajstić information content (AvgIpc) is 2.72. The van der Waals surface area contributed by atoms with E-state index in [9.17, 15) is 20.2 Å². The third-order valence-electron chi connectivity index (χ3n) is 2.51. The van der Waals surface area contributed by atoms with E-state index < -0.39 is 9.85 Å². The van der Waals surface area contributed by atoms with Gasteiger partial charge in [0, 0.05) is 6.07 Å². The predicted octanol–water partition coefficient (Wildman–Crippen LogP) is 2.09. The van der Waals surface area contributed by atoms with Crippen LogP contribution in [-0.2, 0) is 6.54 Å². The van der Waals surface area contributed by atoms with Crippen LogP contribution in [0.25, 0.3) is 0 Å². The van der Waals surface area contributed by atoms with E-state index in [2.05, 4.69) is 21.0 Å². The lowest BCUT2D eigenvalue weighted by molar-refractivity contribution is -0.390. The molecule has 1 aromatic heterocycles. The van der Waals surface area contributed by atoms with Crippen molar-refractivity contribution in [1.29, 1.82) is 0 Å². The maximum absolute atomic E-state index is 10.8. The van der Waals surface area contributed by atoms with Crippen molar-refractivity contribution in [1.82, 2.24) is 9.78 Å². The van der Waals surface area contributed by atoms with Crippen LogP contribution in [0.4, 0.5) is 17.2 Å². The molecule has 0 spiro atoms. The van der Waals surface area contributed by atoms with Gasteiger partial charge in [-0.3, -0.25) is 10.1 Å². The van der Waals surface area contributed by atoms with E-state index in [-0.39, 0.29) is 28.2 Å². The number of nitro benzene ring substituents is 1. The number of hydrogen-bond acceptors (Lipinski definition) is 6. The topological polar surface area (TPSA) is 130 Å². The van der Waals surface area contributed by atoms with Crippen molar-refractivity contribution in [2.75, 3.05) is 5.73 Å². The van der Waals surface area contributed by atoms with Gasteiger partial charge in [0.05, 0.1) is 22.8 Å². The second kappa shape index (κ2) is 5.25. The second-order valence-electron chi connectivity index (χ2n) is 3.91. The van der Waals surface area contributed by atoms with Gasteiger partial charge < -0.3 is 15.8 Å². The van der Waals surface area contributed by atoms with Crippen LogP contribution >= 0.6 is 15.9 Å². The Morgan fingerprint density at radius 1 is 1.30 bits per heavy atom. The zero-order valence-electron chi connectivity index (χ0n) is 9.89. The summed E-state index contributed by atoms with van der Waals surface area (Å²) in [6.07, 6.45) is 1.43. The third-order valence-corrected chi connectivity index (χ3v) is 3.07. The van der Waals surface area contributed by atoms with Gasteiger partial charge in [0.25, 0.3) is 5.69 Å². The zero-order chi connectivity index (χ0) is 14.9. The fourth-order valence-electron chi connectivity index (χ4n) is 1.62. The molecule has 2 N–H and O–H groups in total. The van der Waals surface area contributed by atoms with Crippen molar-refractivity contribution in [3.8, 4) is 0 Å². The summed E-state index contributed by atoms with van der Waals surface area (Å²) in [6.45, 7) is 0.160. The van der Waals surface area contributed by atoms with Crippen molar-refractivity contribution in [3.63, 3.8) is 0 Å². The minimum Gasteiger partial charge on any atom is -0.393 e. The Hall–Kier alpha value is -2.49. The SMILES string of the molecule is Nc1ccc(Cn2cc(Br)c([N+](=O)[O-])n2)cc1[N+](=O)[O-]. The molecule has 0 saturated heterocycles. The summed E-state index contributed by atoms with van der Waals surface area (Å²) >= 11 is 3.03. The van der Waals surface area contributed by atoms with Crippen molar-refractivity contribution in [2.45, 2.75) is 6.54 Å². The van der Waals surface area contributed by atoms with Gasteiger partial charge in [0.2, 0.25) is 0 Å². The van der Waals surface area contributed by atoms with E-state index in [0.29, 0.717) is 5.56 Å². The summed E-state index contributed by atoms with van der Waals surface area (Å²) in [5.74, 6) is -0.310. The van der Waals surface area contributed by atoms with Gasteiger partial charge in [-0.2, -0.15) is 4.68 Å². The lowest BCUT2D eigenvalue weighted by atomic mass is 10.2. The Kier molecular flexibility index (Phi) is 3.66. The van der Waals surface area contributed by atoms with Crippen LogP contribution in [0.5, 0.6) is 0 Å². The first-order valence-electron chi connectivity index (χ1n) is 5.28. The molecule has 2 aromatic rings. The summed E-state index contributed by atoms with van der Waals surface area (Å²) < 4.78 is 1.56. The average molecular weight is 342 g/mol. The molecule has 0 aliphatic rings. The highest BCUT2D eigenvalue weighted by Crippen LogP contribution is 2.25. The first-order valence-corrected chi connectivity index (χ1v) is 6.08. The zero-order valence-corrected chi connectivity index (χ0v) is 11.5. The number of nitrogens with two attached hydrogens (primary N) is 1. The molecule has 0 fully saturated rings. The molecule has 0 unspecified atom stereocenters. The molecular weight excluding hydrogens is 334 g/mol. The molecule has 104 valence electrons. The monoisotopic (exact) mass is 341 g/mol. The molecule has 1 heterocycles. The molecule has 0 bridgehead atoms. The van der Waals surface area contributed by atoms with Crippen molar-refractivity contribution >= 4 is 33.1 Å². The van der Waals surface area contributed by atoms with Gasteiger partial charge >= 0.3 is 5.82 Å². The summed E-state index contributed by atoms with van der Waals surface area (Å²) in [4.78, 5) is 20.2. The molecule has 0 aliphatic heterocycles. The van der Waals surface area contributed by atoms with Crippen LogP contribution in [0.3, 0.4) is 0 Å². The highest BCUT2D eigenvalue weighted by atomic mass is 79.9. The fraction of sp³-hybridized carbons (Fsp3) is 0.100.